The second-order valence-corrected chi connectivity index (χ2v) is 17.0. The molecule has 9 aromatic rings. The highest BCUT2D eigenvalue weighted by Gasteiger charge is 2.52. The number of rotatable bonds is 6. The maximum atomic E-state index is 2.46. The van der Waals surface area contributed by atoms with E-state index in [2.05, 4.69) is 239 Å². The minimum absolute atomic E-state index is 0.0253. The van der Waals surface area contributed by atoms with E-state index in [9.17, 15) is 0 Å². The maximum absolute atomic E-state index is 2.46. The van der Waals surface area contributed by atoms with Gasteiger partial charge in [0.25, 0.3) is 0 Å². The fraction of sp³-hybridized carbons (Fsp3) is 0.0847. The van der Waals surface area contributed by atoms with E-state index in [-0.39, 0.29) is 6.71 Å². The molecule has 11 rings (SSSR count). The van der Waals surface area contributed by atoms with Gasteiger partial charge in [-0.3, -0.25) is 0 Å². The van der Waals surface area contributed by atoms with Crippen LogP contribution in [-0.4, -0.2) is 6.71 Å². The number of anilines is 3. The van der Waals surface area contributed by atoms with Gasteiger partial charge in [0.15, 0.2) is 0 Å². The number of benzene rings is 9. The molecule has 1 aliphatic heterocycles. The summed E-state index contributed by atoms with van der Waals surface area (Å²) in [5, 5.41) is 0. The summed E-state index contributed by atoms with van der Waals surface area (Å²) in [5.41, 5.74) is 25.3. The van der Waals surface area contributed by atoms with Crippen molar-refractivity contribution in [1.82, 2.24) is 0 Å². The Hall–Kier alpha value is -7.16. The molecule has 0 atom stereocenters. The highest BCUT2D eigenvalue weighted by molar-refractivity contribution is 6.97. The molecule has 0 saturated heterocycles. The molecule has 2 aliphatic rings. The molecule has 1 nitrogen and oxygen atoms in total. The molecule has 61 heavy (non-hydrogen) atoms. The van der Waals surface area contributed by atoms with Gasteiger partial charge in [0.2, 0.25) is 6.71 Å². The Labute approximate surface area is 360 Å². The van der Waals surface area contributed by atoms with Crippen LogP contribution in [-0.2, 0) is 5.41 Å². The average Bonchev–Trinajstić information content (AvgIpc) is 3.60. The molecule has 2 heteroatoms. The van der Waals surface area contributed by atoms with Gasteiger partial charge in [-0.1, -0.05) is 221 Å². The van der Waals surface area contributed by atoms with Crippen molar-refractivity contribution in [2.45, 2.75) is 33.1 Å². The van der Waals surface area contributed by atoms with E-state index in [1.807, 2.05) is 0 Å². The van der Waals surface area contributed by atoms with Crippen molar-refractivity contribution in [2.24, 2.45) is 0 Å². The number of aryl methyl sites for hydroxylation is 4. The van der Waals surface area contributed by atoms with Crippen LogP contribution in [0.3, 0.4) is 0 Å². The zero-order chi connectivity index (χ0) is 41.2. The first-order valence-corrected chi connectivity index (χ1v) is 21.6. The molecule has 0 unspecified atom stereocenters. The number of fused-ring (bicyclic) bond motifs is 9. The van der Waals surface area contributed by atoms with Crippen LogP contribution in [0.1, 0.15) is 44.5 Å². The lowest BCUT2D eigenvalue weighted by Gasteiger charge is -2.45. The lowest BCUT2D eigenvalue weighted by atomic mass is 9.33. The fourth-order valence-electron chi connectivity index (χ4n) is 11.2. The average molecular weight is 780 g/mol. The van der Waals surface area contributed by atoms with Crippen LogP contribution in [0, 0.1) is 27.7 Å². The monoisotopic (exact) mass is 779 g/mol. The third kappa shape index (κ3) is 5.62. The highest BCUT2D eigenvalue weighted by Crippen LogP contribution is 2.63. The third-order valence-corrected chi connectivity index (χ3v) is 13.5. The van der Waals surface area contributed by atoms with Crippen molar-refractivity contribution >= 4 is 40.2 Å². The Balaban J connectivity index is 1.22. The summed E-state index contributed by atoms with van der Waals surface area (Å²) in [7, 11) is 0. The number of hydrogen-bond acceptors (Lipinski definition) is 1. The molecule has 0 aromatic heterocycles. The minimum Gasteiger partial charge on any atom is -0.310 e. The van der Waals surface area contributed by atoms with Crippen molar-refractivity contribution in [3.8, 4) is 33.4 Å². The van der Waals surface area contributed by atoms with E-state index in [1.165, 1.54) is 106 Å². The number of para-hydroxylation sites is 3. The van der Waals surface area contributed by atoms with Crippen molar-refractivity contribution in [3.63, 3.8) is 0 Å². The van der Waals surface area contributed by atoms with Crippen molar-refractivity contribution < 1.29 is 0 Å². The van der Waals surface area contributed by atoms with Crippen LogP contribution in [0.2, 0.25) is 0 Å². The van der Waals surface area contributed by atoms with Gasteiger partial charge >= 0.3 is 0 Å². The molecule has 1 aliphatic carbocycles. The van der Waals surface area contributed by atoms with Gasteiger partial charge in [0.05, 0.1) is 16.8 Å². The van der Waals surface area contributed by atoms with E-state index in [0.29, 0.717) is 0 Å². The zero-order valence-corrected chi connectivity index (χ0v) is 35.2. The highest BCUT2D eigenvalue weighted by atomic mass is 15.2. The minimum atomic E-state index is -0.534. The van der Waals surface area contributed by atoms with Crippen molar-refractivity contribution in [2.75, 3.05) is 4.90 Å². The van der Waals surface area contributed by atoms with Gasteiger partial charge in [-0.15, -0.1) is 0 Å². The van der Waals surface area contributed by atoms with Gasteiger partial charge < -0.3 is 4.90 Å². The predicted octanol–water partition coefficient (Wildman–Crippen LogP) is 12.9. The summed E-state index contributed by atoms with van der Waals surface area (Å²) >= 11 is 0. The smallest absolute Gasteiger partial charge is 0.243 e. The van der Waals surface area contributed by atoms with Crippen LogP contribution < -0.4 is 21.3 Å². The van der Waals surface area contributed by atoms with E-state index < -0.39 is 5.41 Å². The van der Waals surface area contributed by atoms with E-state index in [0.717, 1.165) is 5.69 Å². The molecule has 290 valence electrons. The molecule has 0 saturated carbocycles. The molecule has 0 fully saturated rings. The van der Waals surface area contributed by atoms with Crippen LogP contribution in [0.4, 0.5) is 17.1 Å². The van der Waals surface area contributed by atoms with Gasteiger partial charge in [0, 0.05) is 5.69 Å². The summed E-state index contributed by atoms with van der Waals surface area (Å²) < 4.78 is 0. The fourth-order valence-corrected chi connectivity index (χ4v) is 11.2. The lowest BCUT2D eigenvalue weighted by molar-refractivity contribution is 0.753. The topological polar surface area (TPSA) is 3.24 Å². The van der Waals surface area contributed by atoms with E-state index in [4.69, 9.17) is 0 Å². The quantitative estimate of drug-likeness (QED) is 0.152. The van der Waals surface area contributed by atoms with Crippen LogP contribution >= 0.6 is 0 Å². The third-order valence-electron chi connectivity index (χ3n) is 13.5. The summed E-state index contributed by atoms with van der Waals surface area (Å²) in [6.07, 6.45) is 0. The van der Waals surface area contributed by atoms with Gasteiger partial charge in [-0.25, -0.2) is 0 Å². The SMILES string of the molecule is Cc1cc(-c2ccccc2)cc(C)c1B(c1cccc2c1-c1ccccc1C21c2ccccc2N(c2ccccc2)c2ccccc21)c1c(C)cc(-c2ccccc2)cc1C. The summed E-state index contributed by atoms with van der Waals surface area (Å²) in [5.74, 6) is 0. The molecule has 0 N–H and O–H groups in total. The van der Waals surface area contributed by atoms with Gasteiger partial charge in [0.1, 0.15) is 0 Å². The summed E-state index contributed by atoms with van der Waals surface area (Å²) in [6.45, 7) is 9.29. The lowest BCUT2D eigenvalue weighted by Crippen LogP contribution is -2.56. The Morgan fingerprint density at radius 2 is 0.770 bits per heavy atom. The molecule has 0 bridgehead atoms. The van der Waals surface area contributed by atoms with Gasteiger partial charge in [-0.05, 0) is 108 Å². The molecule has 0 radical (unpaired) electrons. The molecule has 1 spiro atoms. The van der Waals surface area contributed by atoms with Gasteiger partial charge in [-0.2, -0.15) is 0 Å². The number of nitrogens with zero attached hydrogens (tertiary/aromatic N) is 1. The first-order valence-electron chi connectivity index (χ1n) is 21.6. The Kier molecular flexibility index (Phi) is 8.79. The molecule has 9 aromatic carbocycles. The standard InChI is InChI=1S/C59H46BN/c1-39-35-45(43-21-8-5-9-22-43)36-40(2)57(39)60(58-41(3)37-46(38-42(58)4)44-23-10-6-11-24-44)53-32-20-31-52-56(53)48-27-14-15-28-49(48)59(52)50-29-16-18-33-54(50)61(47-25-12-7-13-26-47)55-34-19-17-30-51(55)59/h5-38H,1-4H3. The van der Waals surface area contributed by atoms with Crippen LogP contribution in [0.15, 0.2) is 206 Å². The van der Waals surface area contributed by atoms with E-state index >= 15 is 0 Å². The van der Waals surface area contributed by atoms with Crippen LogP contribution in [0.25, 0.3) is 33.4 Å². The molecule has 1 heterocycles. The molecular formula is C59H46BN. The molecule has 0 amide bonds. The normalized spacial score (nSPS) is 13.0. The maximum Gasteiger partial charge on any atom is 0.243 e. The number of hydrogen-bond donors (Lipinski definition) is 0. The van der Waals surface area contributed by atoms with Crippen LogP contribution in [0.5, 0.6) is 0 Å². The Bertz CT molecular complexity index is 2940. The molecular weight excluding hydrogens is 733 g/mol. The second-order valence-electron chi connectivity index (χ2n) is 17.0. The van der Waals surface area contributed by atoms with E-state index in [1.54, 1.807) is 0 Å². The van der Waals surface area contributed by atoms with Crippen molar-refractivity contribution in [3.05, 3.63) is 251 Å². The predicted molar refractivity (Wildman–Crippen MR) is 259 cm³/mol. The largest absolute Gasteiger partial charge is 0.310 e. The first-order chi connectivity index (χ1) is 29.9. The second kappa shape index (κ2) is 14.5. The van der Waals surface area contributed by atoms with Crippen molar-refractivity contribution in [1.29, 1.82) is 0 Å². The summed E-state index contributed by atoms with van der Waals surface area (Å²) in [4.78, 5) is 2.46. The zero-order valence-electron chi connectivity index (χ0n) is 35.2. The summed E-state index contributed by atoms with van der Waals surface area (Å²) in [6, 6.07) is 76.8. The Morgan fingerprint density at radius 1 is 0.361 bits per heavy atom. The first kappa shape index (κ1) is 36.9. The Morgan fingerprint density at radius 3 is 1.28 bits per heavy atom.